The summed E-state index contributed by atoms with van der Waals surface area (Å²) in [6, 6.07) is 15.0. The molecular weight excluding hydrogens is 372 g/mol. The number of benzene rings is 2. The fourth-order valence-corrected chi connectivity index (χ4v) is 2.76. The topological polar surface area (TPSA) is 58.6 Å². The van der Waals surface area contributed by atoms with E-state index in [1.807, 2.05) is 36.4 Å². The number of nitrogens with one attached hydrogen (secondary N) is 1. The van der Waals surface area contributed by atoms with Gasteiger partial charge < -0.3 is 15.0 Å². The monoisotopic (exact) mass is 388 g/mol. The third-order valence-electron chi connectivity index (χ3n) is 3.83. The van der Waals surface area contributed by atoms with Crippen molar-refractivity contribution in [2.75, 3.05) is 12.4 Å². The van der Waals surface area contributed by atoms with Gasteiger partial charge in [-0.1, -0.05) is 40.2 Å². The van der Waals surface area contributed by atoms with Crippen LogP contribution in [-0.2, 0) is 16.1 Å². The van der Waals surface area contributed by atoms with E-state index in [1.54, 1.807) is 24.1 Å². The number of rotatable bonds is 4. The first kappa shape index (κ1) is 16.5. The summed E-state index contributed by atoms with van der Waals surface area (Å²) in [5.74, 6) is 0.155. The number of ether oxygens (including phenoxy) is 1. The molecule has 5 nitrogen and oxygen atoms in total. The van der Waals surface area contributed by atoms with Crippen LogP contribution in [0.2, 0.25) is 0 Å². The Morgan fingerprint density at radius 2 is 1.92 bits per heavy atom. The zero-order chi connectivity index (χ0) is 17.1. The number of hydrogen-bond acceptors (Lipinski definition) is 3. The van der Waals surface area contributed by atoms with Gasteiger partial charge in [-0.25, -0.2) is 0 Å². The van der Waals surface area contributed by atoms with E-state index >= 15 is 0 Å². The molecule has 24 heavy (non-hydrogen) atoms. The summed E-state index contributed by atoms with van der Waals surface area (Å²) in [5, 5.41) is 2.77. The molecule has 0 saturated carbocycles. The van der Waals surface area contributed by atoms with Gasteiger partial charge in [-0.05, 0) is 29.8 Å². The van der Waals surface area contributed by atoms with Gasteiger partial charge in [0, 0.05) is 18.1 Å². The Labute approximate surface area is 148 Å². The maximum atomic E-state index is 12.4. The van der Waals surface area contributed by atoms with Crippen LogP contribution in [0.5, 0.6) is 5.75 Å². The first-order valence-corrected chi connectivity index (χ1v) is 8.37. The van der Waals surface area contributed by atoms with Crippen molar-refractivity contribution in [3.63, 3.8) is 0 Å². The van der Waals surface area contributed by atoms with Crippen LogP contribution in [0.15, 0.2) is 53.0 Å². The number of hydrogen-bond donors (Lipinski definition) is 1. The van der Waals surface area contributed by atoms with Crippen LogP contribution in [0, 0.1) is 0 Å². The largest absolute Gasteiger partial charge is 0.478 e. The third-order valence-corrected chi connectivity index (χ3v) is 4.35. The summed E-state index contributed by atoms with van der Waals surface area (Å²) < 4.78 is 6.66. The van der Waals surface area contributed by atoms with E-state index in [9.17, 15) is 9.59 Å². The zero-order valence-corrected chi connectivity index (χ0v) is 14.7. The maximum Gasteiger partial charge on any atom is 0.266 e. The summed E-state index contributed by atoms with van der Waals surface area (Å²) in [7, 11) is 1.72. The van der Waals surface area contributed by atoms with Crippen LogP contribution >= 0.6 is 15.9 Å². The van der Waals surface area contributed by atoms with Gasteiger partial charge in [-0.3, -0.25) is 9.59 Å². The zero-order valence-electron chi connectivity index (χ0n) is 13.2. The molecular formula is C18H17BrN2O3. The SMILES string of the molecule is CN(Cc1ccc(Br)cc1)C(=O)C[C@H]1Oc2ccccc2NC1=O. The summed E-state index contributed by atoms with van der Waals surface area (Å²) in [5.41, 5.74) is 1.66. The van der Waals surface area contributed by atoms with Crippen molar-refractivity contribution in [1.29, 1.82) is 0 Å². The first-order chi connectivity index (χ1) is 11.5. The second-order valence-corrected chi connectivity index (χ2v) is 6.59. The highest BCUT2D eigenvalue weighted by Gasteiger charge is 2.30. The number of fused-ring (bicyclic) bond motifs is 1. The van der Waals surface area contributed by atoms with Crippen LogP contribution in [-0.4, -0.2) is 29.9 Å². The number of carbonyl (C=O) groups is 2. The minimum absolute atomic E-state index is 0.00714. The molecule has 0 spiro atoms. The minimum Gasteiger partial charge on any atom is -0.478 e. The molecule has 0 fully saturated rings. The molecule has 0 aromatic heterocycles. The molecule has 1 aliphatic rings. The molecule has 0 unspecified atom stereocenters. The molecule has 2 aromatic rings. The van der Waals surface area contributed by atoms with Gasteiger partial charge in [0.2, 0.25) is 5.91 Å². The molecule has 0 radical (unpaired) electrons. The Bertz CT molecular complexity index is 761. The third kappa shape index (κ3) is 3.76. The van der Waals surface area contributed by atoms with Crippen molar-refractivity contribution >= 4 is 33.4 Å². The molecule has 2 amide bonds. The van der Waals surface area contributed by atoms with Crippen LogP contribution in [0.3, 0.4) is 0 Å². The second-order valence-electron chi connectivity index (χ2n) is 5.67. The number of carbonyl (C=O) groups excluding carboxylic acids is 2. The molecule has 1 N–H and O–H groups in total. The standard InChI is InChI=1S/C18H17BrN2O3/c1-21(11-12-6-8-13(19)9-7-12)17(22)10-16-18(23)20-14-4-2-3-5-15(14)24-16/h2-9,16H,10-11H2,1H3,(H,20,23)/t16-/m1/s1. The maximum absolute atomic E-state index is 12.4. The van der Waals surface area contributed by atoms with E-state index in [4.69, 9.17) is 4.74 Å². The molecule has 0 aliphatic carbocycles. The Morgan fingerprint density at radius 1 is 1.21 bits per heavy atom. The average molecular weight is 389 g/mol. The molecule has 0 saturated heterocycles. The quantitative estimate of drug-likeness (QED) is 0.874. The average Bonchev–Trinajstić information content (AvgIpc) is 2.57. The number of nitrogens with zero attached hydrogens (tertiary/aromatic N) is 1. The predicted molar refractivity (Wildman–Crippen MR) is 94.7 cm³/mol. The molecule has 2 aromatic carbocycles. The van der Waals surface area contributed by atoms with Gasteiger partial charge in [0.1, 0.15) is 5.75 Å². The molecule has 0 bridgehead atoms. The van der Waals surface area contributed by atoms with Gasteiger partial charge in [0.25, 0.3) is 5.91 Å². The van der Waals surface area contributed by atoms with Crippen LogP contribution in [0.4, 0.5) is 5.69 Å². The highest BCUT2D eigenvalue weighted by atomic mass is 79.9. The Kier molecular flexibility index (Phi) is 4.85. The molecule has 1 heterocycles. The lowest BCUT2D eigenvalue weighted by Crippen LogP contribution is -2.41. The van der Waals surface area contributed by atoms with Crippen molar-refractivity contribution in [3.05, 3.63) is 58.6 Å². The number of para-hydroxylation sites is 2. The van der Waals surface area contributed by atoms with Gasteiger partial charge in [-0.2, -0.15) is 0 Å². The van der Waals surface area contributed by atoms with Crippen LogP contribution in [0.25, 0.3) is 0 Å². The second kappa shape index (κ2) is 7.05. The fourth-order valence-electron chi connectivity index (χ4n) is 2.49. The van der Waals surface area contributed by atoms with Crippen molar-refractivity contribution in [2.24, 2.45) is 0 Å². The Balaban J connectivity index is 1.62. The fraction of sp³-hybridized carbons (Fsp3) is 0.222. The van der Waals surface area contributed by atoms with E-state index in [0.717, 1.165) is 10.0 Å². The number of anilines is 1. The van der Waals surface area contributed by atoms with Crippen molar-refractivity contribution in [1.82, 2.24) is 4.90 Å². The van der Waals surface area contributed by atoms with E-state index in [1.165, 1.54) is 0 Å². The highest BCUT2D eigenvalue weighted by Crippen LogP contribution is 2.29. The van der Waals surface area contributed by atoms with Crippen LogP contribution < -0.4 is 10.1 Å². The lowest BCUT2D eigenvalue weighted by Gasteiger charge is -2.27. The van der Waals surface area contributed by atoms with E-state index < -0.39 is 6.10 Å². The number of halogens is 1. The molecule has 1 aliphatic heterocycles. The predicted octanol–water partition coefficient (Wildman–Crippen LogP) is 3.20. The van der Waals surface area contributed by atoms with Gasteiger partial charge >= 0.3 is 0 Å². The van der Waals surface area contributed by atoms with Crippen molar-refractivity contribution in [3.8, 4) is 5.75 Å². The van der Waals surface area contributed by atoms with Gasteiger partial charge in [0.05, 0.1) is 12.1 Å². The number of amides is 2. The van der Waals surface area contributed by atoms with E-state index in [2.05, 4.69) is 21.2 Å². The molecule has 124 valence electrons. The van der Waals surface area contributed by atoms with Gasteiger partial charge in [0.15, 0.2) is 6.10 Å². The summed E-state index contributed by atoms with van der Waals surface area (Å²) in [4.78, 5) is 26.1. The van der Waals surface area contributed by atoms with E-state index in [0.29, 0.717) is 18.0 Å². The van der Waals surface area contributed by atoms with Crippen molar-refractivity contribution < 1.29 is 14.3 Å². The highest BCUT2D eigenvalue weighted by molar-refractivity contribution is 9.10. The molecule has 3 rings (SSSR count). The summed E-state index contributed by atoms with van der Waals surface area (Å²) in [6.07, 6.45) is -0.799. The lowest BCUT2D eigenvalue weighted by molar-refractivity contribution is -0.136. The van der Waals surface area contributed by atoms with E-state index in [-0.39, 0.29) is 18.2 Å². The first-order valence-electron chi connectivity index (χ1n) is 7.58. The van der Waals surface area contributed by atoms with Crippen molar-refractivity contribution in [2.45, 2.75) is 19.1 Å². The summed E-state index contributed by atoms with van der Waals surface area (Å²) in [6.45, 7) is 0.483. The minimum atomic E-state index is -0.806. The molecule has 6 heteroatoms. The summed E-state index contributed by atoms with van der Waals surface area (Å²) >= 11 is 3.38. The van der Waals surface area contributed by atoms with Gasteiger partial charge in [-0.15, -0.1) is 0 Å². The molecule has 1 atom stereocenters. The Hall–Kier alpha value is -2.34. The smallest absolute Gasteiger partial charge is 0.266 e. The van der Waals surface area contributed by atoms with Crippen LogP contribution in [0.1, 0.15) is 12.0 Å². The Morgan fingerprint density at radius 3 is 2.67 bits per heavy atom. The lowest BCUT2D eigenvalue weighted by atomic mass is 10.1. The normalized spacial score (nSPS) is 15.9.